The first-order valence-corrected chi connectivity index (χ1v) is 12.6. The van der Waals surface area contributed by atoms with Crippen molar-refractivity contribution < 1.29 is 9.90 Å². The van der Waals surface area contributed by atoms with Crippen LogP contribution in [0.1, 0.15) is 40.9 Å². The number of nitrogens with zero attached hydrogens (tertiary/aromatic N) is 2. The van der Waals surface area contributed by atoms with Crippen LogP contribution in [0.2, 0.25) is 4.34 Å². The van der Waals surface area contributed by atoms with Crippen LogP contribution < -0.4 is 0 Å². The highest BCUT2D eigenvalue weighted by Crippen LogP contribution is 2.49. The molecule has 2 aromatic heterocycles. The minimum Gasteiger partial charge on any atom is -0.478 e. The van der Waals surface area contributed by atoms with Gasteiger partial charge in [-0.25, -0.2) is 9.48 Å². The number of carboxylic acids is 1. The molecule has 0 aliphatic rings. The number of aromatic carboxylic acids is 1. The zero-order chi connectivity index (χ0) is 23.3. The Balaban J connectivity index is 2.06. The smallest absolute Gasteiger partial charge is 0.338 e. The number of carboxylic acid groups (broad SMARTS) is 1. The van der Waals surface area contributed by atoms with Gasteiger partial charge in [0.05, 0.1) is 25.3 Å². The number of thiophene rings is 1. The molecule has 0 spiro atoms. The molecule has 1 N–H and O–H groups in total. The molecule has 2 radical (unpaired) electrons. The molecule has 10 heteroatoms. The normalized spacial score (nSPS) is 15.0. The molecule has 2 heterocycles. The Hall–Kier alpha value is -0.755. The van der Waals surface area contributed by atoms with Gasteiger partial charge in [0.25, 0.3) is 0 Å². The highest BCUT2D eigenvalue weighted by Gasteiger charge is 2.42. The fourth-order valence-electron chi connectivity index (χ4n) is 3.85. The van der Waals surface area contributed by atoms with Gasteiger partial charge in [-0.2, -0.15) is 5.10 Å². The average Bonchev–Trinajstić information content (AvgIpc) is 3.26. The lowest BCUT2D eigenvalue weighted by atomic mass is 9.59. The summed E-state index contributed by atoms with van der Waals surface area (Å²) in [5.41, 5.74) is 5.21. The third-order valence-electron chi connectivity index (χ3n) is 5.59. The number of aryl methyl sites for hydroxylation is 2. The highest BCUT2D eigenvalue weighted by atomic mass is 35.5. The number of rotatable bonds is 6. The summed E-state index contributed by atoms with van der Waals surface area (Å²) in [5.74, 6) is -1.04. The van der Waals surface area contributed by atoms with Crippen molar-refractivity contribution in [2.75, 3.05) is 0 Å². The van der Waals surface area contributed by atoms with E-state index in [4.69, 9.17) is 19.4 Å². The molecule has 31 heavy (non-hydrogen) atoms. The number of halogens is 1. The van der Waals surface area contributed by atoms with Crippen molar-refractivity contribution in [2.24, 2.45) is 0 Å². The van der Waals surface area contributed by atoms with Crippen molar-refractivity contribution in [1.29, 1.82) is 0 Å². The Morgan fingerprint density at radius 2 is 1.87 bits per heavy atom. The Morgan fingerprint density at radius 3 is 2.32 bits per heavy atom. The Morgan fingerprint density at radius 1 is 1.29 bits per heavy atom. The van der Waals surface area contributed by atoms with Crippen LogP contribution in [-0.2, 0) is 5.31 Å². The van der Waals surface area contributed by atoms with Crippen molar-refractivity contribution in [1.82, 2.24) is 9.78 Å². The minimum absolute atomic E-state index is 0.106. The zero-order valence-corrected chi connectivity index (χ0v) is 22.8. The van der Waals surface area contributed by atoms with Gasteiger partial charge in [0.2, 0.25) is 0 Å². The molecular formula is C21H25BClN2O2P3S. The van der Waals surface area contributed by atoms with Crippen LogP contribution in [0, 0.1) is 13.8 Å². The van der Waals surface area contributed by atoms with Gasteiger partial charge in [-0.1, -0.05) is 37.6 Å². The molecule has 5 atom stereocenters. The molecule has 3 rings (SSSR count). The number of hydrogen-bond donors (Lipinski definition) is 1. The van der Waals surface area contributed by atoms with E-state index < -0.39 is 11.3 Å². The van der Waals surface area contributed by atoms with Gasteiger partial charge < -0.3 is 5.11 Å². The lowest BCUT2D eigenvalue weighted by molar-refractivity contribution is 0.0697. The topological polar surface area (TPSA) is 55.1 Å². The molecule has 5 unspecified atom stereocenters. The van der Waals surface area contributed by atoms with E-state index in [0.717, 1.165) is 32.8 Å². The lowest BCUT2D eigenvalue weighted by Crippen LogP contribution is -2.47. The molecular weight excluding hydrogens is 483 g/mol. The first-order chi connectivity index (χ1) is 14.3. The molecule has 0 aliphatic carbocycles. The van der Waals surface area contributed by atoms with Crippen LogP contribution in [0.15, 0.2) is 30.6 Å². The van der Waals surface area contributed by atoms with Gasteiger partial charge in [0, 0.05) is 16.6 Å². The third kappa shape index (κ3) is 4.53. The average molecular weight is 509 g/mol. The van der Waals surface area contributed by atoms with Crippen LogP contribution in [-0.4, -0.2) is 39.3 Å². The second kappa shape index (κ2) is 8.88. The molecule has 0 saturated heterocycles. The summed E-state index contributed by atoms with van der Waals surface area (Å²) in [7, 11) is 15.5. The summed E-state index contributed by atoms with van der Waals surface area (Å²) in [5, 5.41) is 13.2. The first kappa shape index (κ1) is 24.9. The maximum Gasteiger partial charge on any atom is 0.338 e. The molecule has 0 fully saturated rings. The summed E-state index contributed by atoms with van der Waals surface area (Å²) in [6, 6.07) is 5.84. The maximum absolute atomic E-state index is 11.3. The SMILES string of the molecule is [B]C(c1cc(C)c(-n2cc(-c3cc(C(=O)O)c(Cl)s3)cn2)c(C)c1)(C(C)P)C(C)(P)P. The van der Waals surface area contributed by atoms with Gasteiger partial charge in [0.1, 0.15) is 4.34 Å². The molecule has 0 amide bonds. The van der Waals surface area contributed by atoms with Gasteiger partial charge in [-0.3, -0.25) is 0 Å². The minimum atomic E-state index is -1.04. The van der Waals surface area contributed by atoms with E-state index in [0.29, 0.717) is 0 Å². The van der Waals surface area contributed by atoms with Crippen LogP contribution in [0.3, 0.4) is 0 Å². The van der Waals surface area contributed by atoms with E-state index >= 15 is 0 Å². The molecule has 162 valence electrons. The zero-order valence-electron chi connectivity index (χ0n) is 17.8. The van der Waals surface area contributed by atoms with Crippen LogP contribution >= 0.6 is 50.7 Å². The van der Waals surface area contributed by atoms with E-state index in [1.165, 1.54) is 11.3 Å². The van der Waals surface area contributed by atoms with Crippen molar-refractivity contribution in [3.8, 4) is 16.1 Å². The van der Waals surface area contributed by atoms with E-state index in [1.54, 1.807) is 12.3 Å². The molecule has 0 bridgehead atoms. The fourth-order valence-corrected chi connectivity index (χ4v) is 6.88. The molecule has 0 aliphatic heterocycles. The van der Waals surface area contributed by atoms with Crippen molar-refractivity contribution in [2.45, 2.75) is 43.6 Å². The largest absolute Gasteiger partial charge is 0.478 e. The second-order valence-corrected chi connectivity index (χ2v) is 13.9. The number of carbonyl (C=O) groups is 1. The van der Waals surface area contributed by atoms with Gasteiger partial charge in [0.15, 0.2) is 0 Å². The van der Waals surface area contributed by atoms with Crippen LogP contribution in [0.25, 0.3) is 16.1 Å². The maximum atomic E-state index is 11.3. The number of hydrogen-bond acceptors (Lipinski definition) is 3. The molecule has 3 aromatic rings. The molecule has 1 aromatic carbocycles. The molecule has 0 saturated carbocycles. The van der Waals surface area contributed by atoms with Gasteiger partial charge in [-0.05, 0) is 52.5 Å². The summed E-state index contributed by atoms with van der Waals surface area (Å²) >= 11 is 7.31. The van der Waals surface area contributed by atoms with E-state index in [2.05, 4.69) is 72.6 Å². The monoisotopic (exact) mass is 508 g/mol. The van der Waals surface area contributed by atoms with Gasteiger partial charge >= 0.3 is 5.97 Å². The van der Waals surface area contributed by atoms with Crippen molar-refractivity contribution >= 4 is 64.5 Å². The Bertz CT molecular complexity index is 1130. The third-order valence-corrected chi connectivity index (χ3v) is 8.48. The quantitative estimate of drug-likeness (QED) is 0.345. The summed E-state index contributed by atoms with van der Waals surface area (Å²) in [6.07, 6.45) is 3.62. The van der Waals surface area contributed by atoms with E-state index in [-0.39, 0.29) is 20.5 Å². The predicted molar refractivity (Wildman–Crippen MR) is 143 cm³/mol. The second-order valence-electron chi connectivity index (χ2n) is 8.18. The van der Waals surface area contributed by atoms with Crippen molar-refractivity contribution in [3.63, 3.8) is 0 Å². The summed E-state index contributed by atoms with van der Waals surface area (Å²) in [6.45, 7) is 8.30. The Labute approximate surface area is 200 Å². The summed E-state index contributed by atoms with van der Waals surface area (Å²) < 4.78 is 2.08. The molecule has 4 nitrogen and oxygen atoms in total. The predicted octanol–water partition coefficient (Wildman–Crippen LogP) is 5.66. The first-order valence-electron chi connectivity index (χ1n) is 9.59. The highest BCUT2D eigenvalue weighted by molar-refractivity contribution is 7.40. The lowest BCUT2D eigenvalue weighted by Gasteiger charge is -2.46. The van der Waals surface area contributed by atoms with Crippen molar-refractivity contribution in [3.05, 3.63) is 57.2 Å². The fraction of sp³-hybridized carbons (Fsp3) is 0.333. The Kier molecular flexibility index (Phi) is 7.13. The standard InChI is InChI=1S/C21H25BClN2O2P3S/c1-10-5-14(21(22,12(3)28)20(4,29)30)6-11(2)17(10)25-9-13(8-24-25)16-7-15(19(26)27)18(23)31-16/h5-9,12H,28-30H2,1-4H3,(H,26,27). The van der Waals surface area contributed by atoms with Gasteiger partial charge in [-0.15, -0.1) is 39.1 Å². The summed E-state index contributed by atoms with van der Waals surface area (Å²) in [4.78, 5) is 11.8. The van der Waals surface area contributed by atoms with E-state index in [9.17, 15) is 9.90 Å². The van der Waals surface area contributed by atoms with Crippen LogP contribution in [0.4, 0.5) is 0 Å². The number of aromatic nitrogens is 2. The number of benzene rings is 1. The van der Waals surface area contributed by atoms with E-state index in [1.807, 2.05) is 10.9 Å². The van der Waals surface area contributed by atoms with Crippen LogP contribution in [0.5, 0.6) is 0 Å².